The Balaban J connectivity index is 1.83. The van der Waals surface area contributed by atoms with Crippen molar-refractivity contribution in [1.29, 1.82) is 0 Å². The molecule has 0 aliphatic carbocycles. The molecule has 0 aliphatic heterocycles. The number of rotatable bonds is 4. The van der Waals surface area contributed by atoms with Crippen molar-refractivity contribution in [2.45, 2.75) is 6.54 Å². The van der Waals surface area contributed by atoms with Crippen LogP contribution in [-0.2, 0) is 6.54 Å². The van der Waals surface area contributed by atoms with Crippen LogP contribution >= 0.6 is 0 Å². The van der Waals surface area contributed by atoms with Crippen LogP contribution < -0.4 is 5.32 Å². The molecule has 96 valence electrons. The van der Waals surface area contributed by atoms with E-state index in [4.69, 9.17) is 14.0 Å². The van der Waals surface area contributed by atoms with Crippen LogP contribution in [0.1, 0.15) is 16.1 Å². The standard InChI is InChI=1S/C12H9N3O4/c16-11(17)7-1-2-9-10(5-7)19-12(14-9)13-6-8-3-4-18-15-8/h1-5H,6H2,(H,13,14)(H,16,17). The van der Waals surface area contributed by atoms with Gasteiger partial charge in [0, 0.05) is 6.07 Å². The zero-order valence-corrected chi connectivity index (χ0v) is 9.66. The Morgan fingerprint density at radius 2 is 2.26 bits per heavy atom. The Labute approximate surface area is 106 Å². The number of aromatic nitrogens is 2. The summed E-state index contributed by atoms with van der Waals surface area (Å²) in [7, 11) is 0. The molecule has 0 radical (unpaired) electrons. The molecule has 3 aromatic rings. The molecule has 7 nitrogen and oxygen atoms in total. The van der Waals surface area contributed by atoms with E-state index in [1.165, 1.54) is 18.4 Å². The summed E-state index contributed by atoms with van der Waals surface area (Å²) < 4.78 is 10.1. The van der Waals surface area contributed by atoms with Crippen molar-refractivity contribution in [3.05, 3.63) is 41.8 Å². The monoisotopic (exact) mass is 259 g/mol. The van der Waals surface area contributed by atoms with Gasteiger partial charge in [0.15, 0.2) is 5.58 Å². The molecule has 0 bridgehead atoms. The first-order valence-corrected chi connectivity index (χ1v) is 5.49. The second kappa shape index (κ2) is 4.45. The quantitative estimate of drug-likeness (QED) is 0.739. The molecule has 2 N–H and O–H groups in total. The summed E-state index contributed by atoms with van der Waals surface area (Å²) in [5, 5.41) is 15.6. The molecular weight excluding hydrogens is 250 g/mol. The van der Waals surface area contributed by atoms with E-state index in [9.17, 15) is 4.79 Å². The van der Waals surface area contributed by atoms with Crippen molar-refractivity contribution in [2.24, 2.45) is 0 Å². The Morgan fingerprint density at radius 3 is 3.00 bits per heavy atom. The van der Waals surface area contributed by atoms with Gasteiger partial charge < -0.3 is 19.4 Å². The number of carboxylic acid groups (broad SMARTS) is 1. The molecular formula is C12H9N3O4. The van der Waals surface area contributed by atoms with Crippen LogP contribution in [0.4, 0.5) is 6.01 Å². The maximum atomic E-state index is 10.8. The number of carboxylic acids is 1. The van der Waals surface area contributed by atoms with Gasteiger partial charge in [-0.05, 0) is 18.2 Å². The lowest BCUT2D eigenvalue weighted by Crippen LogP contribution is -1.99. The summed E-state index contributed by atoms with van der Waals surface area (Å²) >= 11 is 0. The first kappa shape index (κ1) is 11.3. The number of oxazole rings is 1. The summed E-state index contributed by atoms with van der Waals surface area (Å²) in [4.78, 5) is 15.0. The third-order valence-corrected chi connectivity index (χ3v) is 2.55. The Kier molecular flexibility index (Phi) is 2.64. The third kappa shape index (κ3) is 2.25. The molecule has 0 atom stereocenters. The van der Waals surface area contributed by atoms with Gasteiger partial charge in [0.2, 0.25) is 0 Å². The number of hydrogen-bond donors (Lipinski definition) is 2. The zero-order valence-electron chi connectivity index (χ0n) is 9.66. The molecule has 19 heavy (non-hydrogen) atoms. The molecule has 0 saturated carbocycles. The fourth-order valence-corrected chi connectivity index (χ4v) is 1.63. The molecule has 0 fully saturated rings. The molecule has 0 saturated heterocycles. The number of fused-ring (bicyclic) bond motifs is 1. The van der Waals surface area contributed by atoms with E-state index in [0.29, 0.717) is 29.4 Å². The van der Waals surface area contributed by atoms with Crippen LogP contribution in [0.5, 0.6) is 0 Å². The molecule has 7 heteroatoms. The summed E-state index contributed by atoms with van der Waals surface area (Å²) in [6.45, 7) is 0.412. The fraction of sp³-hybridized carbons (Fsp3) is 0.0833. The van der Waals surface area contributed by atoms with Crippen LogP contribution in [0.25, 0.3) is 11.1 Å². The lowest BCUT2D eigenvalue weighted by molar-refractivity contribution is 0.0697. The number of nitrogens with one attached hydrogen (secondary N) is 1. The normalized spacial score (nSPS) is 10.7. The second-order valence-electron chi connectivity index (χ2n) is 3.85. The average molecular weight is 259 g/mol. The number of anilines is 1. The van der Waals surface area contributed by atoms with Gasteiger partial charge in [0.05, 0.1) is 12.1 Å². The highest BCUT2D eigenvalue weighted by atomic mass is 16.5. The summed E-state index contributed by atoms with van der Waals surface area (Å²) in [6.07, 6.45) is 1.47. The predicted molar refractivity (Wildman–Crippen MR) is 64.8 cm³/mol. The Morgan fingerprint density at radius 1 is 1.37 bits per heavy atom. The highest BCUT2D eigenvalue weighted by Crippen LogP contribution is 2.20. The van der Waals surface area contributed by atoms with Gasteiger partial charge in [-0.25, -0.2) is 4.79 Å². The molecule has 3 rings (SSSR count). The minimum Gasteiger partial charge on any atom is -0.478 e. The Hall–Kier alpha value is -2.83. The first-order valence-electron chi connectivity index (χ1n) is 5.49. The summed E-state index contributed by atoms with van der Waals surface area (Å²) in [5.41, 5.74) is 1.88. The van der Waals surface area contributed by atoms with E-state index in [0.717, 1.165) is 0 Å². The highest BCUT2D eigenvalue weighted by molar-refractivity contribution is 5.92. The Bertz CT molecular complexity index is 718. The topological polar surface area (TPSA) is 101 Å². The molecule has 0 unspecified atom stereocenters. The molecule has 0 amide bonds. The number of nitrogens with zero attached hydrogens (tertiary/aromatic N) is 2. The van der Waals surface area contributed by atoms with Crippen molar-refractivity contribution in [1.82, 2.24) is 10.1 Å². The maximum Gasteiger partial charge on any atom is 0.335 e. The molecule has 0 spiro atoms. The predicted octanol–water partition coefficient (Wildman–Crippen LogP) is 2.13. The van der Waals surface area contributed by atoms with Crippen molar-refractivity contribution in [2.75, 3.05) is 5.32 Å². The lowest BCUT2D eigenvalue weighted by atomic mass is 10.2. The van der Waals surface area contributed by atoms with E-state index in [1.807, 2.05) is 0 Å². The van der Waals surface area contributed by atoms with Crippen molar-refractivity contribution < 1.29 is 18.8 Å². The van der Waals surface area contributed by atoms with Gasteiger partial charge in [0.25, 0.3) is 6.01 Å². The second-order valence-corrected chi connectivity index (χ2v) is 3.85. The zero-order chi connectivity index (χ0) is 13.2. The minimum atomic E-state index is -1.00. The van der Waals surface area contributed by atoms with Gasteiger partial charge in [-0.3, -0.25) is 0 Å². The number of carbonyl (C=O) groups is 1. The highest BCUT2D eigenvalue weighted by Gasteiger charge is 2.09. The SMILES string of the molecule is O=C(O)c1ccc2nc(NCc3ccon3)oc2c1. The van der Waals surface area contributed by atoms with Gasteiger partial charge in [-0.2, -0.15) is 4.98 Å². The fourth-order valence-electron chi connectivity index (χ4n) is 1.63. The summed E-state index contributed by atoms with van der Waals surface area (Å²) in [5.74, 6) is -1.00. The molecule has 2 heterocycles. The van der Waals surface area contributed by atoms with E-state index in [2.05, 4.69) is 15.5 Å². The molecule has 0 aliphatic rings. The number of hydrogen-bond acceptors (Lipinski definition) is 6. The van der Waals surface area contributed by atoms with E-state index in [1.54, 1.807) is 12.1 Å². The number of aromatic carboxylic acids is 1. The van der Waals surface area contributed by atoms with Gasteiger partial charge in [-0.15, -0.1) is 0 Å². The van der Waals surface area contributed by atoms with Crippen LogP contribution in [0.3, 0.4) is 0 Å². The largest absolute Gasteiger partial charge is 0.478 e. The van der Waals surface area contributed by atoms with E-state index < -0.39 is 5.97 Å². The lowest BCUT2D eigenvalue weighted by Gasteiger charge is -1.95. The van der Waals surface area contributed by atoms with Crippen molar-refractivity contribution in [3.63, 3.8) is 0 Å². The van der Waals surface area contributed by atoms with Crippen LogP contribution in [0.15, 0.2) is 39.5 Å². The first-order chi connectivity index (χ1) is 9.22. The van der Waals surface area contributed by atoms with Gasteiger partial charge >= 0.3 is 5.97 Å². The number of benzene rings is 1. The third-order valence-electron chi connectivity index (χ3n) is 2.55. The van der Waals surface area contributed by atoms with Crippen LogP contribution in [-0.4, -0.2) is 21.2 Å². The van der Waals surface area contributed by atoms with E-state index in [-0.39, 0.29) is 5.56 Å². The smallest absolute Gasteiger partial charge is 0.335 e. The van der Waals surface area contributed by atoms with Crippen molar-refractivity contribution in [3.8, 4) is 0 Å². The van der Waals surface area contributed by atoms with Crippen LogP contribution in [0, 0.1) is 0 Å². The van der Waals surface area contributed by atoms with E-state index >= 15 is 0 Å². The maximum absolute atomic E-state index is 10.8. The molecule has 1 aromatic carbocycles. The minimum absolute atomic E-state index is 0.159. The summed E-state index contributed by atoms with van der Waals surface area (Å²) in [6, 6.07) is 6.54. The average Bonchev–Trinajstić information content (AvgIpc) is 3.04. The van der Waals surface area contributed by atoms with Crippen molar-refractivity contribution >= 4 is 23.1 Å². The van der Waals surface area contributed by atoms with Gasteiger partial charge in [-0.1, -0.05) is 5.16 Å². The van der Waals surface area contributed by atoms with Crippen LogP contribution in [0.2, 0.25) is 0 Å². The van der Waals surface area contributed by atoms with Gasteiger partial charge in [0.1, 0.15) is 17.5 Å². The molecule has 2 aromatic heterocycles.